The first-order chi connectivity index (χ1) is 25.4. The Morgan fingerprint density at radius 3 is 2.17 bits per heavy atom. The van der Waals surface area contributed by atoms with Crippen LogP contribution < -0.4 is 23.7 Å². The van der Waals surface area contributed by atoms with Crippen molar-refractivity contribution in [1.29, 1.82) is 0 Å². The molecule has 0 radical (unpaired) electrons. The summed E-state index contributed by atoms with van der Waals surface area (Å²) < 4.78 is 32.1. The van der Waals surface area contributed by atoms with E-state index in [9.17, 15) is 5.11 Å². The molecule has 5 aliphatic rings. The fourth-order valence-corrected chi connectivity index (χ4v) is 8.89. The zero-order chi connectivity index (χ0) is 35.9. The van der Waals surface area contributed by atoms with E-state index in [1.54, 1.807) is 21.3 Å². The van der Waals surface area contributed by atoms with Gasteiger partial charge in [0, 0.05) is 48.4 Å². The number of ether oxygens (including phenoxy) is 5. The van der Waals surface area contributed by atoms with Crippen LogP contribution in [0.1, 0.15) is 69.4 Å². The molecule has 0 amide bonds. The second-order valence-electron chi connectivity index (χ2n) is 14.8. The Bertz CT molecular complexity index is 1940. The lowest BCUT2D eigenvalue weighted by Gasteiger charge is -2.39. The highest BCUT2D eigenvalue weighted by molar-refractivity contribution is 5.67. The van der Waals surface area contributed by atoms with E-state index in [4.69, 9.17) is 23.7 Å². The summed E-state index contributed by atoms with van der Waals surface area (Å²) in [6.45, 7) is 4.64. The van der Waals surface area contributed by atoms with E-state index in [1.807, 2.05) is 6.07 Å². The lowest BCUT2D eigenvalue weighted by Crippen LogP contribution is -2.35. The number of fused-ring (bicyclic) bond motifs is 2. The maximum absolute atomic E-state index is 10.8. The molecule has 9 heteroatoms. The third-order valence-corrected chi connectivity index (χ3v) is 11.8. The molecule has 6 bridgehead atoms. The van der Waals surface area contributed by atoms with Gasteiger partial charge in [0.15, 0.2) is 23.0 Å². The van der Waals surface area contributed by atoms with Gasteiger partial charge < -0.3 is 28.8 Å². The first kappa shape index (κ1) is 34.8. The van der Waals surface area contributed by atoms with Crippen LogP contribution in [0.2, 0.25) is 0 Å². The van der Waals surface area contributed by atoms with Gasteiger partial charge in [-0.1, -0.05) is 18.2 Å². The highest BCUT2D eigenvalue weighted by Gasteiger charge is 2.37. The van der Waals surface area contributed by atoms with Crippen LogP contribution in [0.25, 0.3) is 0 Å². The lowest BCUT2D eigenvalue weighted by molar-refractivity contribution is 0.217. The van der Waals surface area contributed by atoms with Crippen molar-refractivity contribution < 1.29 is 28.8 Å². The number of methoxy groups -OCH3 is 3. The van der Waals surface area contributed by atoms with Crippen molar-refractivity contribution in [1.82, 2.24) is 14.7 Å². The quantitative estimate of drug-likeness (QED) is 0.224. The van der Waals surface area contributed by atoms with Gasteiger partial charge in [-0.15, -0.1) is 0 Å². The molecular weight excluding hydrogens is 654 g/mol. The Hall–Kier alpha value is -4.28. The molecule has 9 rings (SSSR count). The normalized spacial score (nSPS) is 20.3. The summed E-state index contributed by atoms with van der Waals surface area (Å²) in [7, 11) is 9.52. The van der Waals surface area contributed by atoms with Crippen LogP contribution in [0.4, 0.5) is 0 Å². The Morgan fingerprint density at radius 1 is 0.731 bits per heavy atom. The summed E-state index contributed by atoms with van der Waals surface area (Å²) in [5.41, 5.74) is 9.15. The Kier molecular flexibility index (Phi) is 9.78. The summed E-state index contributed by atoms with van der Waals surface area (Å²) >= 11 is 0. The van der Waals surface area contributed by atoms with Crippen molar-refractivity contribution in [2.24, 2.45) is 0 Å². The van der Waals surface area contributed by atoms with E-state index in [0.717, 1.165) is 80.2 Å². The smallest absolute Gasteiger partial charge is 0.204 e. The van der Waals surface area contributed by atoms with Crippen molar-refractivity contribution >= 4 is 0 Å². The molecule has 1 saturated heterocycles. The molecule has 0 saturated carbocycles. The maximum atomic E-state index is 10.8. The minimum atomic E-state index is -0.128. The number of aliphatic hydroxyl groups excluding tert-OH is 1. The monoisotopic (exact) mass is 705 g/mol. The third-order valence-electron chi connectivity index (χ3n) is 11.8. The molecule has 0 aromatic heterocycles. The van der Waals surface area contributed by atoms with Gasteiger partial charge in [-0.05, 0) is 130 Å². The van der Waals surface area contributed by atoms with E-state index in [1.165, 1.54) is 40.7 Å². The van der Waals surface area contributed by atoms with Crippen LogP contribution in [0.3, 0.4) is 0 Å². The zero-order valence-corrected chi connectivity index (χ0v) is 31.2. The molecular formula is C43H51N3O6. The largest absolute Gasteiger partial charge is 0.493 e. The Morgan fingerprint density at radius 2 is 1.44 bits per heavy atom. The first-order valence-corrected chi connectivity index (χ1v) is 18.7. The average molecular weight is 706 g/mol. The van der Waals surface area contributed by atoms with Crippen LogP contribution >= 0.6 is 0 Å². The summed E-state index contributed by atoms with van der Waals surface area (Å²) in [6, 6.07) is 19.1. The van der Waals surface area contributed by atoms with Gasteiger partial charge in [-0.2, -0.15) is 0 Å². The van der Waals surface area contributed by atoms with E-state index in [-0.39, 0.29) is 18.7 Å². The molecule has 9 nitrogen and oxygen atoms in total. The van der Waals surface area contributed by atoms with Crippen molar-refractivity contribution in [3.63, 3.8) is 0 Å². The number of hydrogen-bond acceptors (Lipinski definition) is 9. The first-order valence-electron chi connectivity index (χ1n) is 18.7. The van der Waals surface area contributed by atoms with Crippen LogP contribution in [0.5, 0.6) is 40.2 Å². The number of benzene rings is 4. The second-order valence-corrected chi connectivity index (χ2v) is 14.8. The molecule has 274 valence electrons. The number of nitrogens with zero attached hydrogens (tertiary/aromatic N) is 3. The summed E-state index contributed by atoms with van der Waals surface area (Å²) in [6.07, 6.45) is 5.72. The molecule has 1 N–H and O–H groups in total. The minimum absolute atomic E-state index is 0.0376. The molecule has 4 aromatic carbocycles. The summed E-state index contributed by atoms with van der Waals surface area (Å²) in [5, 5.41) is 10.8. The van der Waals surface area contributed by atoms with Crippen molar-refractivity contribution in [3.8, 4) is 40.2 Å². The van der Waals surface area contributed by atoms with Gasteiger partial charge in [0.05, 0.1) is 27.9 Å². The summed E-state index contributed by atoms with van der Waals surface area (Å²) in [5.74, 6) is 4.79. The molecule has 52 heavy (non-hydrogen) atoms. The fraction of sp³-hybridized carbons (Fsp3) is 0.442. The number of hydrogen-bond donors (Lipinski definition) is 1. The minimum Gasteiger partial charge on any atom is -0.493 e. The zero-order valence-electron chi connectivity index (χ0n) is 31.2. The number of likely N-dealkylation sites (N-methyl/N-ethyl adjacent to an activating group) is 2. The molecule has 0 aliphatic carbocycles. The highest BCUT2D eigenvalue weighted by Crippen LogP contribution is 2.53. The Balaban J connectivity index is 1.37. The Labute approximate surface area is 307 Å². The SMILES string of the molecule is COc1ccc2cc1Oc1ccc(cc1)C[C@H]1c3cc(c(CO)cc3CCN1C)Oc1c(OC)c(OC)c(CN3CCCC3)c3c1[C@H](C2)N(C)CC3. The number of rotatable bonds is 6. The van der Waals surface area contributed by atoms with Crippen LogP contribution in [0.15, 0.2) is 54.6 Å². The van der Waals surface area contributed by atoms with Crippen molar-refractivity contribution in [2.75, 3.05) is 61.6 Å². The van der Waals surface area contributed by atoms with Crippen LogP contribution in [-0.2, 0) is 38.8 Å². The van der Waals surface area contributed by atoms with Gasteiger partial charge in [0.2, 0.25) is 5.75 Å². The number of likely N-dealkylation sites (tertiary alicyclic amines) is 1. The maximum Gasteiger partial charge on any atom is 0.204 e. The predicted octanol–water partition coefficient (Wildman–Crippen LogP) is 7.24. The van der Waals surface area contributed by atoms with E-state index < -0.39 is 0 Å². The van der Waals surface area contributed by atoms with Gasteiger partial charge in [0.25, 0.3) is 0 Å². The van der Waals surface area contributed by atoms with Crippen molar-refractivity contribution in [2.45, 2.75) is 63.8 Å². The van der Waals surface area contributed by atoms with E-state index in [0.29, 0.717) is 35.2 Å². The van der Waals surface area contributed by atoms with Crippen LogP contribution in [0, 0.1) is 0 Å². The standard InChI is InChI=1S/C43H51N3O6/c1-44-18-14-29-23-30(26-47)38-24-33(29)35(44)20-27-8-11-31(12-9-27)51-39-22-28(10-13-37(39)48-3)21-36-40-32(15-19-45(36)2)34(25-46-16-6-7-17-46)41(49-4)43(50-5)42(40)52-38/h8-13,22-24,35-36,47H,6-7,14-21,25-26H2,1-5H3/t35-,36-/m0/s1. The predicted molar refractivity (Wildman–Crippen MR) is 202 cm³/mol. The van der Waals surface area contributed by atoms with Crippen LogP contribution in [-0.4, -0.2) is 81.4 Å². The molecule has 1 fully saturated rings. The van der Waals surface area contributed by atoms with Gasteiger partial charge in [-0.25, -0.2) is 0 Å². The van der Waals surface area contributed by atoms with E-state index >= 15 is 0 Å². The van der Waals surface area contributed by atoms with Gasteiger partial charge >= 0.3 is 0 Å². The lowest BCUT2D eigenvalue weighted by atomic mass is 9.84. The molecule has 5 heterocycles. The molecule has 5 aliphatic heterocycles. The van der Waals surface area contributed by atoms with Gasteiger partial charge in [-0.3, -0.25) is 14.7 Å². The van der Waals surface area contributed by atoms with Crippen molar-refractivity contribution in [3.05, 3.63) is 99.1 Å². The fourth-order valence-electron chi connectivity index (χ4n) is 8.89. The summed E-state index contributed by atoms with van der Waals surface area (Å²) in [4.78, 5) is 7.37. The highest BCUT2D eigenvalue weighted by atomic mass is 16.5. The topological polar surface area (TPSA) is 76.1 Å². The van der Waals surface area contributed by atoms with E-state index in [2.05, 4.69) is 77.3 Å². The third kappa shape index (κ3) is 6.38. The number of aliphatic hydroxyl groups is 1. The second kappa shape index (κ2) is 14.6. The van der Waals surface area contributed by atoms with Gasteiger partial charge in [0.1, 0.15) is 11.5 Å². The molecule has 2 atom stereocenters. The molecule has 4 aromatic rings. The molecule has 0 spiro atoms. The molecule has 0 unspecified atom stereocenters. The average Bonchev–Trinajstić information content (AvgIpc) is 3.68.